The number of unbranched alkanes of at least 4 members (excludes halogenated alkanes) is 11. The number of anilines is 1. The van der Waals surface area contributed by atoms with Gasteiger partial charge in [0.05, 0.1) is 19.5 Å². The van der Waals surface area contributed by atoms with E-state index in [1.165, 1.54) is 57.7 Å². The Kier molecular flexibility index (Phi) is 18.8. The molecule has 2 heterocycles. The number of nitrogens with zero attached hydrogens (tertiary/aromatic N) is 3. The van der Waals surface area contributed by atoms with Gasteiger partial charge >= 0.3 is 11.9 Å². The predicted molar refractivity (Wildman–Crippen MR) is 179 cm³/mol. The first-order valence-corrected chi connectivity index (χ1v) is 17.2. The minimum Gasteiger partial charge on any atom is -0.465 e. The van der Waals surface area contributed by atoms with Gasteiger partial charge in [0.2, 0.25) is 5.95 Å². The Balaban J connectivity index is 1.73. The van der Waals surface area contributed by atoms with Gasteiger partial charge in [-0.25, -0.2) is 4.98 Å². The molecule has 0 unspecified atom stereocenters. The number of carbonyl (C=O) groups is 2. The highest BCUT2D eigenvalue weighted by molar-refractivity contribution is 5.75. The van der Waals surface area contributed by atoms with E-state index in [1.807, 2.05) is 13.8 Å². The highest BCUT2D eigenvalue weighted by atomic mass is 16.5. The van der Waals surface area contributed by atoms with E-state index in [9.17, 15) is 14.4 Å². The molecule has 2 aromatic heterocycles. The maximum atomic E-state index is 12.5. The van der Waals surface area contributed by atoms with Crippen LogP contribution in [-0.4, -0.2) is 50.7 Å². The largest absolute Gasteiger partial charge is 0.465 e. The normalized spacial score (nSPS) is 13.7. The third-order valence-electron chi connectivity index (χ3n) is 8.37. The molecule has 11 nitrogen and oxygen atoms in total. The summed E-state index contributed by atoms with van der Waals surface area (Å²) in [4.78, 5) is 47.9. The number of rotatable bonds is 25. The molecule has 0 saturated carbocycles. The number of nitrogens with two attached hydrogens (primary N) is 2. The van der Waals surface area contributed by atoms with E-state index in [-0.39, 0.29) is 42.5 Å². The third kappa shape index (κ3) is 15.1. The molecule has 5 N–H and O–H groups in total. The Hall–Kier alpha value is -3.21. The molecule has 2 aromatic rings. The Labute approximate surface area is 268 Å². The number of carbonyl (C=O) groups excluding carboxylic acids is 2. The fraction of sp³-hybridized carbons (Fsp3) is 0.735. The van der Waals surface area contributed by atoms with Gasteiger partial charge in [-0.2, -0.15) is 4.98 Å². The molecule has 0 spiro atoms. The van der Waals surface area contributed by atoms with E-state index in [1.54, 1.807) is 4.57 Å². The van der Waals surface area contributed by atoms with E-state index >= 15 is 0 Å². The number of hydrogen-bond donors (Lipinski definition) is 3. The highest BCUT2D eigenvalue weighted by Crippen LogP contribution is 2.16. The maximum absolute atomic E-state index is 12.5. The lowest BCUT2D eigenvalue weighted by atomic mass is 10.0. The van der Waals surface area contributed by atoms with E-state index in [0.29, 0.717) is 25.0 Å². The van der Waals surface area contributed by atoms with Crippen LogP contribution in [0.4, 0.5) is 5.95 Å². The van der Waals surface area contributed by atoms with Crippen LogP contribution in [0.3, 0.4) is 0 Å². The van der Waals surface area contributed by atoms with Crippen LogP contribution in [-0.2, 0) is 25.6 Å². The average Bonchev–Trinajstić information content (AvgIpc) is 3.43. The molecule has 0 radical (unpaired) electrons. The molecule has 45 heavy (non-hydrogen) atoms. The molecule has 0 aliphatic rings. The first-order valence-electron chi connectivity index (χ1n) is 17.2. The molecule has 254 valence electrons. The van der Waals surface area contributed by atoms with Gasteiger partial charge in [-0.15, -0.1) is 0 Å². The van der Waals surface area contributed by atoms with Crippen molar-refractivity contribution in [1.82, 2.24) is 19.5 Å². The average molecular weight is 631 g/mol. The molecule has 3 atom stereocenters. The van der Waals surface area contributed by atoms with Crippen molar-refractivity contribution in [2.45, 2.75) is 136 Å². The molecular formula is C34H58N6O5. The molecule has 0 saturated heterocycles. The van der Waals surface area contributed by atoms with Gasteiger partial charge in [-0.05, 0) is 44.4 Å². The summed E-state index contributed by atoms with van der Waals surface area (Å²) in [6, 6.07) is -0.686. The highest BCUT2D eigenvalue weighted by Gasteiger charge is 2.22. The monoisotopic (exact) mass is 630 g/mol. The van der Waals surface area contributed by atoms with Crippen molar-refractivity contribution >= 4 is 29.1 Å². The van der Waals surface area contributed by atoms with Crippen molar-refractivity contribution in [2.75, 3.05) is 18.9 Å². The van der Waals surface area contributed by atoms with Crippen molar-refractivity contribution in [3.8, 4) is 0 Å². The van der Waals surface area contributed by atoms with Crippen molar-refractivity contribution in [1.29, 1.82) is 0 Å². The zero-order valence-corrected chi connectivity index (χ0v) is 27.9. The molecule has 2 rings (SSSR count). The number of ether oxygens (including phenoxy) is 2. The van der Waals surface area contributed by atoms with Crippen molar-refractivity contribution in [3.05, 3.63) is 28.8 Å². The summed E-state index contributed by atoms with van der Waals surface area (Å²) in [5.74, 6) is -0.903. The Morgan fingerprint density at radius 3 is 2.29 bits per heavy atom. The van der Waals surface area contributed by atoms with Gasteiger partial charge < -0.3 is 25.5 Å². The van der Waals surface area contributed by atoms with Gasteiger partial charge in [-0.3, -0.25) is 19.4 Å². The number of nitrogens with one attached hydrogen (secondary N) is 1. The van der Waals surface area contributed by atoms with Gasteiger partial charge in [-0.1, -0.05) is 90.7 Å². The first-order chi connectivity index (χ1) is 21.8. The summed E-state index contributed by atoms with van der Waals surface area (Å²) >= 11 is 0. The van der Waals surface area contributed by atoms with Gasteiger partial charge in [0, 0.05) is 18.9 Å². The summed E-state index contributed by atoms with van der Waals surface area (Å²) in [6.45, 7) is 6.75. The summed E-state index contributed by atoms with van der Waals surface area (Å²) in [6.07, 6.45) is 23.3. The van der Waals surface area contributed by atoms with Crippen LogP contribution >= 0.6 is 0 Å². The van der Waals surface area contributed by atoms with Crippen LogP contribution < -0.4 is 17.0 Å². The lowest BCUT2D eigenvalue weighted by Crippen LogP contribution is -2.38. The molecular weight excluding hydrogens is 572 g/mol. The fourth-order valence-electron chi connectivity index (χ4n) is 5.14. The smallest absolute Gasteiger partial charge is 0.323 e. The third-order valence-corrected chi connectivity index (χ3v) is 8.37. The summed E-state index contributed by atoms with van der Waals surface area (Å²) in [5.41, 5.74) is 11.8. The zero-order valence-electron chi connectivity index (χ0n) is 27.9. The summed E-state index contributed by atoms with van der Waals surface area (Å²) < 4.78 is 12.8. The number of nitrogen functional groups attached to an aromatic ring is 1. The van der Waals surface area contributed by atoms with Crippen molar-refractivity contribution < 1.29 is 19.1 Å². The molecule has 0 amide bonds. The van der Waals surface area contributed by atoms with E-state index in [2.05, 4.69) is 34.0 Å². The number of allylic oxidation sites excluding steroid dienone is 2. The number of fused-ring (bicyclic) bond motifs is 1. The molecule has 0 aliphatic carbocycles. The Morgan fingerprint density at radius 1 is 0.978 bits per heavy atom. The second-order valence-corrected chi connectivity index (χ2v) is 12.3. The van der Waals surface area contributed by atoms with Crippen molar-refractivity contribution in [3.63, 3.8) is 0 Å². The number of hydrogen-bond acceptors (Lipinski definition) is 9. The molecule has 0 fully saturated rings. The fourth-order valence-corrected chi connectivity index (χ4v) is 5.14. The second-order valence-electron chi connectivity index (χ2n) is 12.3. The molecule has 0 aliphatic heterocycles. The number of aromatic nitrogens is 4. The van der Waals surface area contributed by atoms with Gasteiger partial charge in [0.15, 0.2) is 11.2 Å². The molecule has 0 aromatic carbocycles. The van der Waals surface area contributed by atoms with Crippen molar-refractivity contribution in [2.24, 2.45) is 17.6 Å². The van der Waals surface area contributed by atoms with E-state index in [4.69, 9.17) is 20.9 Å². The molecule has 11 heteroatoms. The van der Waals surface area contributed by atoms with E-state index < -0.39 is 17.6 Å². The minimum absolute atomic E-state index is 0.00912. The topological polar surface area (TPSA) is 168 Å². The van der Waals surface area contributed by atoms with Crippen LogP contribution in [0, 0.1) is 11.8 Å². The SMILES string of the molecule is CCCCCCCCC=CCCCCCCCC(=O)OC[C@H](CCOC(=O)[C@@H](N)[C@@H](C)CC)Cn1cnc2c(=O)[nH]c(N)nc21. The van der Waals surface area contributed by atoms with Crippen LogP contribution in [0.5, 0.6) is 0 Å². The lowest BCUT2D eigenvalue weighted by molar-refractivity contribution is -0.149. The van der Waals surface area contributed by atoms with Crippen LogP contribution in [0.2, 0.25) is 0 Å². The van der Waals surface area contributed by atoms with Crippen LogP contribution in [0.15, 0.2) is 23.3 Å². The number of imidazole rings is 1. The van der Waals surface area contributed by atoms with Gasteiger partial charge in [0.25, 0.3) is 5.56 Å². The Morgan fingerprint density at radius 2 is 1.62 bits per heavy atom. The molecule has 0 bridgehead atoms. The standard InChI is InChI=1S/C34H58N6O5/c1-4-6-7-8-9-10-11-12-13-14-15-16-17-18-19-20-28(41)45-24-27(21-22-44-33(43)29(35)26(3)5-2)23-40-25-37-30-31(40)38-34(36)39-32(30)42/h12-13,25-27,29H,4-11,14-24,35H2,1-3H3,(H3,36,38,39,42)/t26-,27+,29-/m0/s1. The second kappa shape index (κ2) is 22.3. The number of aromatic amines is 1. The van der Waals surface area contributed by atoms with Crippen LogP contribution in [0.25, 0.3) is 11.2 Å². The Bertz CT molecular complexity index is 1210. The summed E-state index contributed by atoms with van der Waals surface area (Å²) in [7, 11) is 0. The van der Waals surface area contributed by atoms with E-state index in [0.717, 1.165) is 38.5 Å². The number of esters is 2. The van der Waals surface area contributed by atoms with Gasteiger partial charge in [0.1, 0.15) is 6.04 Å². The number of H-pyrrole nitrogens is 1. The predicted octanol–water partition coefficient (Wildman–Crippen LogP) is 6.21. The zero-order chi connectivity index (χ0) is 32.9. The maximum Gasteiger partial charge on any atom is 0.323 e. The minimum atomic E-state index is -0.686. The first kappa shape index (κ1) is 38.0. The summed E-state index contributed by atoms with van der Waals surface area (Å²) in [5, 5.41) is 0. The lowest BCUT2D eigenvalue weighted by Gasteiger charge is -2.20. The van der Waals surface area contributed by atoms with Crippen LogP contribution in [0.1, 0.15) is 124 Å². The quantitative estimate of drug-likeness (QED) is 0.0656.